The summed E-state index contributed by atoms with van der Waals surface area (Å²) in [5, 5.41) is 0. The first-order chi connectivity index (χ1) is 22.3. The van der Waals surface area contributed by atoms with Crippen LogP contribution in [-0.2, 0) is 0 Å². The summed E-state index contributed by atoms with van der Waals surface area (Å²) in [5.41, 5.74) is 1.31. The van der Waals surface area contributed by atoms with Gasteiger partial charge < -0.3 is 9.64 Å². The highest BCUT2D eigenvalue weighted by Crippen LogP contribution is 2.20. The molecule has 0 aliphatic heterocycles. The van der Waals surface area contributed by atoms with Gasteiger partial charge in [-0.2, -0.15) is 0 Å². The molecule has 1 rings (SSSR count). The summed E-state index contributed by atoms with van der Waals surface area (Å²) in [6.45, 7) is 6.61. The SMILES string of the molecule is CCCCCCCCCCCCCCCCCCOc1ccc(N(C)CCCCCCCCCCCCCCCCCC)cc1.Cl. The summed E-state index contributed by atoms with van der Waals surface area (Å²) >= 11 is 0. The number of rotatable bonds is 36. The van der Waals surface area contributed by atoms with Crippen LogP contribution in [0.5, 0.6) is 5.75 Å². The first-order valence-corrected chi connectivity index (χ1v) is 20.7. The van der Waals surface area contributed by atoms with Crippen molar-refractivity contribution in [2.24, 2.45) is 0 Å². The van der Waals surface area contributed by atoms with Crippen LogP contribution in [0, 0.1) is 0 Å². The van der Waals surface area contributed by atoms with Crippen molar-refractivity contribution in [3.8, 4) is 5.75 Å². The molecule has 0 unspecified atom stereocenters. The standard InChI is InChI=1S/C43H81NO.ClH/c1-4-6-8-10-12-14-16-18-20-22-24-26-28-30-32-34-40-44(3)42-36-38-43(39-37-42)45-41-35-33-31-29-27-25-23-21-19-17-15-13-11-9-7-5-2;/h36-39H,4-35,40-41H2,1-3H3;1H. The zero-order valence-electron chi connectivity index (χ0n) is 31.6. The molecule has 0 aliphatic rings. The lowest BCUT2D eigenvalue weighted by Crippen LogP contribution is -2.18. The van der Waals surface area contributed by atoms with Gasteiger partial charge in [-0.1, -0.05) is 206 Å². The van der Waals surface area contributed by atoms with E-state index in [4.69, 9.17) is 4.74 Å². The number of unbranched alkanes of at least 4 members (excludes halogenated alkanes) is 30. The van der Waals surface area contributed by atoms with E-state index in [1.807, 2.05) is 0 Å². The average molecular weight is 665 g/mol. The smallest absolute Gasteiger partial charge is 0.119 e. The van der Waals surface area contributed by atoms with Crippen LogP contribution >= 0.6 is 12.4 Å². The molecule has 1 aromatic rings. The van der Waals surface area contributed by atoms with Gasteiger partial charge in [0, 0.05) is 19.3 Å². The molecule has 3 heteroatoms. The van der Waals surface area contributed by atoms with Crippen molar-refractivity contribution in [3.63, 3.8) is 0 Å². The first kappa shape index (κ1) is 45.1. The van der Waals surface area contributed by atoms with Crippen LogP contribution in [0.3, 0.4) is 0 Å². The van der Waals surface area contributed by atoms with Crippen LogP contribution in [0.25, 0.3) is 0 Å². The molecule has 0 aromatic heterocycles. The maximum absolute atomic E-state index is 6.04. The van der Waals surface area contributed by atoms with Crippen molar-refractivity contribution < 1.29 is 4.74 Å². The summed E-state index contributed by atoms with van der Waals surface area (Å²) in [7, 11) is 2.23. The van der Waals surface area contributed by atoms with Gasteiger partial charge in [0.25, 0.3) is 0 Å². The summed E-state index contributed by atoms with van der Waals surface area (Å²) in [5.74, 6) is 1.02. The average Bonchev–Trinajstić information content (AvgIpc) is 3.06. The maximum Gasteiger partial charge on any atom is 0.119 e. The van der Waals surface area contributed by atoms with Gasteiger partial charge in [-0.15, -0.1) is 12.4 Å². The van der Waals surface area contributed by atoms with Crippen molar-refractivity contribution in [3.05, 3.63) is 24.3 Å². The van der Waals surface area contributed by atoms with Gasteiger partial charge in [0.05, 0.1) is 6.61 Å². The van der Waals surface area contributed by atoms with E-state index in [1.54, 1.807) is 0 Å². The molecule has 0 N–H and O–H groups in total. The van der Waals surface area contributed by atoms with Gasteiger partial charge >= 0.3 is 0 Å². The second-order valence-corrected chi connectivity index (χ2v) is 14.4. The Hall–Kier alpha value is -0.890. The normalized spacial score (nSPS) is 11.1. The summed E-state index contributed by atoms with van der Waals surface area (Å²) < 4.78 is 6.04. The topological polar surface area (TPSA) is 12.5 Å². The first-order valence-electron chi connectivity index (χ1n) is 20.7. The lowest BCUT2D eigenvalue weighted by atomic mass is 10.0. The number of ether oxygens (including phenoxy) is 1. The van der Waals surface area contributed by atoms with E-state index in [1.165, 1.54) is 211 Å². The number of nitrogens with zero attached hydrogens (tertiary/aromatic N) is 1. The number of anilines is 1. The number of halogens is 1. The Morgan fingerprint density at radius 2 is 0.674 bits per heavy atom. The monoisotopic (exact) mass is 664 g/mol. The van der Waals surface area contributed by atoms with Crippen molar-refractivity contribution in [1.82, 2.24) is 0 Å². The Morgan fingerprint density at radius 1 is 0.391 bits per heavy atom. The molecular formula is C43H82ClNO. The van der Waals surface area contributed by atoms with Crippen LogP contribution in [-0.4, -0.2) is 20.2 Å². The van der Waals surface area contributed by atoms with Gasteiger partial charge in [-0.05, 0) is 37.1 Å². The molecule has 1 aromatic carbocycles. The lowest BCUT2D eigenvalue weighted by Gasteiger charge is -2.19. The molecular weight excluding hydrogens is 582 g/mol. The molecule has 2 nitrogen and oxygen atoms in total. The minimum Gasteiger partial charge on any atom is -0.494 e. The zero-order valence-corrected chi connectivity index (χ0v) is 32.4. The molecule has 0 amide bonds. The number of hydrogen-bond donors (Lipinski definition) is 0. The van der Waals surface area contributed by atoms with E-state index in [0.29, 0.717) is 0 Å². The lowest BCUT2D eigenvalue weighted by molar-refractivity contribution is 0.304. The fraction of sp³-hybridized carbons (Fsp3) is 0.860. The molecule has 0 fully saturated rings. The summed E-state index contributed by atoms with van der Waals surface area (Å²) in [4.78, 5) is 2.41. The minimum atomic E-state index is 0. The Morgan fingerprint density at radius 3 is 1.00 bits per heavy atom. The minimum absolute atomic E-state index is 0. The highest BCUT2D eigenvalue weighted by molar-refractivity contribution is 5.85. The van der Waals surface area contributed by atoms with E-state index in [-0.39, 0.29) is 12.4 Å². The molecule has 0 spiro atoms. The summed E-state index contributed by atoms with van der Waals surface area (Å²) in [6.07, 6.45) is 45.4. The largest absolute Gasteiger partial charge is 0.494 e. The third kappa shape index (κ3) is 30.4. The van der Waals surface area contributed by atoms with Crippen LogP contribution in [0.1, 0.15) is 219 Å². The molecule has 0 aliphatic carbocycles. The Kier molecular flexibility index (Phi) is 36.2. The molecule has 0 radical (unpaired) electrons. The second kappa shape index (κ2) is 36.9. The Balaban J connectivity index is 0.0000202. The van der Waals surface area contributed by atoms with Crippen LogP contribution in [0.4, 0.5) is 5.69 Å². The van der Waals surface area contributed by atoms with Gasteiger partial charge in [0.15, 0.2) is 0 Å². The highest BCUT2D eigenvalue weighted by atomic mass is 35.5. The number of benzene rings is 1. The molecule has 0 saturated heterocycles. The highest BCUT2D eigenvalue weighted by Gasteiger charge is 2.02. The van der Waals surface area contributed by atoms with E-state index < -0.39 is 0 Å². The van der Waals surface area contributed by atoms with E-state index >= 15 is 0 Å². The molecule has 0 atom stereocenters. The van der Waals surface area contributed by atoms with Gasteiger partial charge in [0.1, 0.15) is 5.75 Å². The fourth-order valence-corrected chi connectivity index (χ4v) is 6.66. The molecule has 0 heterocycles. The Bertz CT molecular complexity index is 693. The van der Waals surface area contributed by atoms with Crippen LogP contribution in [0.2, 0.25) is 0 Å². The molecule has 46 heavy (non-hydrogen) atoms. The van der Waals surface area contributed by atoms with Crippen LogP contribution < -0.4 is 9.64 Å². The predicted molar refractivity (Wildman–Crippen MR) is 212 cm³/mol. The van der Waals surface area contributed by atoms with Gasteiger partial charge in [0.2, 0.25) is 0 Å². The third-order valence-corrected chi connectivity index (χ3v) is 9.89. The molecule has 0 bridgehead atoms. The van der Waals surface area contributed by atoms with E-state index in [2.05, 4.69) is 50.1 Å². The Labute approximate surface area is 296 Å². The van der Waals surface area contributed by atoms with Crippen molar-refractivity contribution >= 4 is 18.1 Å². The van der Waals surface area contributed by atoms with Crippen LogP contribution in [0.15, 0.2) is 24.3 Å². The zero-order chi connectivity index (χ0) is 32.3. The summed E-state index contributed by atoms with van der Waals surface area (Å²) in [6, 6.07) is 8.78. The van der Waals surface area contributed by atoms with Gasteiger partial charge in [-0.3, -0.25) is 0 Å². The fourth-order valence-electron chi connectivity index (χ4n) is 6.66. The molecule has 0 saturated carbocycles. The van der Waals surface area contributed by atoms with Crippen molar-refractivity contribution in [1.29, 1.82) is 0 Å². The third-order valence-electron chi connectivity index (χ3n) is 9.89. The quantitative estimate of drug-likeness (QED) is 0.0662. The maximum atomic E-state index is 6.04. The van der Waals surface area contributed by atoms with Crippen molar-refractivity contribution in [2.75, 3.05) is 25.1 Å². The van der Waals surface area contributed by atoms with E-state index in [0.717, 1.165) is 18.9 Å². The van der Waals surface area contributed by atoms with Gasteiger partial charge in [-0.25, -0.2) is 0 Å². The predicted octanol–water partition coefficient (Wildman–Crippen LogP) is 15.4. The van der Waals surface area contributed by atoms with E-state index in [9.17, 15) is 0 Å². The second-order valence-electron chi connectivity index (χ2n) is 14.4. The number of hydrogen-bond acceptors (Lipinski definition) is 2. The van der Waals surface area contributed by atoms with Crippen molar-refractivity contribution in [2.45, 2.75) is 219 Å². The molecule has 272 valence electrons.